The SMILES string of the molecule is Cc1nn(C)c2c1[nH]c(=S)n2CCN(C)C1CC1. The van der Waals surface area contributed by atoms with Crippen molar-refractivity contribution in [2.45, 2.75) is 32.4 Å². The van der Waals surface area contributed by atoms with Crippen molar-refractivity contribution < 1.29 is 0 Å². The van der Waals surface area contributed by atoms with Crippen LogP contribution >= 0.6 is 12.2 Å². The summed E-state index contributed by atoms with van der Waals surface area (Å²) in [5.74, 6) is 0. The number of hydrogen-bond acceptors (Lipinski definition) is 3. The third-order valence-electron chi connectivity index (χ3n) is 3.77. The first-order valence-electron chi connectivity index (χ1n) is 6.40. The molecule has 1 N–H and O–H groups in total. The Labute approximate surface area is 111 Å². The lowest BCUT2D eigenvalue weighted by Crippen LogP contribution is -2.25. The van der Waals surface area contributed by atoms with Gasteiger partial charge in [0.25, 0.3) is 0 Å². The van der Waals surface area contributed by atoms with Crippen LogP contribution in [0, 0.1) is 11.7 Å². The van der Waals surface area contributed by atoms with Crippen LogP contribution in [0.3, 0.4) is 0 Å². The van der Waals surface area contributed by atoms with Crippen LogP contribution in [0.15, 0.2) is 0 Å². The monoisotopic (exact) mass is 265 g/mol. The molecule has 5 nitrogen and oxygen atoms in total. The molecule has 0 spiro atoms. The number of nitrogens with zero attached hydrogens (tertiary/aromatic N) is 4. The van der Waals surface area contributed by atoms with E-state index in [-0.39, 0.29) is 0 Å². The van der Waals surface area contributed by atoms with Crippen molar-refractivity contribution >= 4 is 23.4 Å². The summed E-state index contributed by atoms with van der Waals surface area (Å²) in [6.45, 7) is 3.97. The fourth-order valence-corrected chi connectivity index (χ4v) is 2.82. The second-order valence-electron chi connectivity index (χ2n) is 5.20. The smallest absolute Gasteiger partial charge is 0.179 e. The van der Waals surface area contributed by atoms with E-state index in [1.807, 2.05) is 18.7 Å². The van der Waals surface area contributed by atoms with Crippen molar-refractivity contribution in [1.29, 1.82) is 0 Å². The van der Waals surface area contributed by atoms with Crippen molar-refractivity contribution in [2.24, 2.45) is 7.05 Å². The van der Waals surface area contributed by atoms with Gasteiger partial charge in [-0.1, -0.05) is 0 Å². The zero-order chi connectivity index (χ0) is 12.9. The third kappa shape index (κ3) is 1.89. The number of likely N-dealkylation sites (N-methyl/N-ethyl adjacent to an activating group) is 1. The van der Waals surface area contributed by atoms with Crippen LogP contribution in [0.1, 0.15) is 18.5 Å². The van der Waals surface area contributed by atoms with E-state index in [1.54, 1.807) is 0 Å². The topological polar surface area (TPSA) is 41.8 Å². The number of aromatic amines is 1. The van der Waals surface area contributed by atoms with Crippen LogP contribution in [-0.2, 0) is 13.6 Å². The Morgan fingerprint density at radius 2 is 2.22 bits per heavy atom. The number of H-pyrrole nitrogens is 1. The lowest BCUT2D eigenvalue weighted by Gasteiger charge is -2.15. The van der Waals surface area contributed by atoms with Gasteiger partial charge in [0, 0.05) is 26.2 Å². The molecule has 0 bridgehead atoms. The average Bonchev–Trinajstić information content (AvgIpc) is 3.05. The van der Waals surface area contributed by atoms with Crippen molar-refractivity contribution in [3.63, 3.8) is 0 Å². The van der Waals surface area contributed by atoms with Crippen LogP contribution in [-0.4, -0.2) is 43.9 Å². The van der Waals surface area contributed by atoms with Gasteiger partial charge in [-0.15, -0.1) is 0 Å². The molecule has 98 valence electrons. The number of aryl methyl sites for hydroxylation is 2. The van der Waals surface area contributed by atoms with E-state index in [2.05, 4.69) is 26.6 Å². The van der Waals surface area contributed by atoms with Crippen LogP contribution in [0.4, 0.5) is 0 Å². The van der Waals surface area contributed by atoms with Crippen LogP contribution < -0.4 is 0 Å². The molecule has 0 amide bonds. The first-order chi connectivity index (χ1) is 8.58. The highest BCUT2D eigenvalue weighted by molar-refractivity contribution is 7.71. The van der Waals surface area contributed by atoms with Gasteiger partial charge in [-0.2, -0.15) is 5.10 Å². The van der Waals surface area contributed by atoms with E-state index >= 15 is 0 Å². The fraction of sp³-hybridized carbons (Fsp3) is 0.667. The van der Waals surface area contributed by atoms with Crippen molar-refractivity contribution in [3.8, 4) is 0 Å². The maximum atomic E-state index is 5.41. The Morgan fingerprint density at radius 3 is 2.89 bits per heavy atom. The molecule has 1 saturated carbocycles. The highest BCUT2D eigenvalue weighted by atomic mass is 32.1. The quantitative estimate of drug-likeness (QED) is 0.858. The minimum Gasteiger partial charge on any atom is -0.328 e. The first-order valence-corrected chi connectivity index (χ1v) is 6.81. The summed E-state index contributed by atoms with van der Waals surface area (Å²) in [5, 5.41) is 4.43. The average molecular weight is 265 g/mol. The molecule has 18 heavy (non-hydrogen) atoms. The maximum absolute atomic E-state index is 5.41. The number of aromatic nitrogens is 4. The van der Waals surface area contributed by atoms with Crippen molar-refractivity contribution in [1.82, 2.24) is 24.2 Å². The Bertz CT molecular complexity index is 631. The maximum Gasteiger partial charge on any atom is 0.179 e. The molecule has 3 rings (SSSR count). The van der Waals surface area contributed by atoms with Crippen LogP contribution in [0.2, 0.25) is 0 Å². The molecule has 0 atom stereocenters. The molecule has 0 saturated heterocycles. The van der Waals surface area contributed by atoms with Crippen molar-refractivity contribution in [2.75, 3.05) is 13.6 Å². The predicted molar refractivity (Wildman–Crippen MR) is 74.3 cm³/mol. The summed E-state index contributed by atoms with van der Waals surface area (Å²) in [7, 11) is 4.17. The van der Waals surface area contributed by atoms with Crippen molar-refractivity contribution in [3.05, 3.63) is 10.5 Å². The number of hydrogen-bond donors (Lipinski definition) is 1. The second-order valence-corrected chi connectivity index (χ2v) is 5.59. The van der Waals surface area contributed by atoms with Crippen LogP contribution in [0.25, 0.3) is 11.2 Å². The van der Waals surface area contributed by atoms with Crippen LogP contribution in [0.5, 0.6) is 0 Å². The highest BCUT2D eigenvalue weighted by Crippen LogP contribution is 2.25. The largest absolute Gasteiger partial charge is 0.328 e. The van der Waals surface area contributed by atoms with E-state index in [4.69, 9.17) is 12.2 Å². The Kier molecular flexibility index (Phi) is 2.79. The zero-order valence-corrected chi connectivity index (χ0v) is 11.9. The number of rotatable bonds is 4. The minimum absolute atomic E-state index is 0.793. The lowest BCUT2D eigenvalue weighted by molar-refractivity contribution is 0.309. The van der Waals surface area contributed by atoms with Gasteiger partial charge < -0.3 is 14.5 Å². The van der Waals surface area contributed by atoms with E-state index < -0.39 is 0 Å². The summed E-state index contributed by atoms with van der Waals surface area (Å²) in [5.41, 5.74) is 3.17. The standard InChI is InChI=1S/C12H19N5S/c1-8-10-11(16(3)14-8)17(12(18)13-10)7-6-15(2)9-4-5-9/h9H,4-7H2,1-3H3,(H,13,18). The lowest BCUT2D eigenvalue weighted by atomic mass is 10.4. The molecule has 1 fully saturated rings. The van der Waals surface area contributed by atoms with Gasteiger partial charge >= 0.3 is 0 Å². The normalized spacial score (nSPS) is 16.0. The Morgan fingerprint density at radius 1 is 1.50 bits per heavy atom. The Hall–Kier alpha value is -1.14. The summed E-state index contributed by atoms with van der Waals surface area (Å²) in [6, 6.07) is 0.793. The molecular weight excluding hydrogens is 246 g/mol. The first kappa shape index (κ1) is 11.9. The number of fused-ring (bicyclic) bond motifs is 1. The van der Waals surface area contributed by atoms with Gasteiger partial charge in [-0.25, -0.2) is 0 Å². The molecule has 0 aliphatic heterocycles. The molecule has 0 radical (unpaired) electrons. The number of imidazole rings is 1. The molecule has 0 unspecified atom stereocenters. The van der Waals surface area contributed by atoms with Gasteiger partial charge in [0.15, 0.2) is 10.4 Å². The second kappa shape index (κ2) is 4.20. The van der Waals surface area contributed by atoms with E-state index in [9.17, 15) is 0 Å². The molecule has 0 aromatic carbocycles. The van der Waals surface area contributed by atoms with Gasteiger partial charge in [-0.3, -0.25) is 4.68 Å². The van der Waals surface area contributed by atoms with E-state index in [0.29, 0.717) is 0 Å². The summed E-state index contributed by atoms with van der Waals surface area (Å²) in [6.07, 6.45) is 2.69. The highest BCUT2D eigenvalue weighted by Gasteiger charge is 2.25. The molecule has 2 aromatic rings. The Balaban J connectivity index is 1.90. The molecule has 6 heteroatoms. The zero-order valence-electron chi connectivity index (χ0n) is 11.1. The molecule has 2 heterocycles. The van der Waals surface area contributed by atoms with E-state index in [0.717, 1.165) is 40.8 Å². The molecule has 1 aliphatic rings. The molecular formula is C12H19N5S. The predicted octanol–water partition coefficient (Wildman–Crippen LogP) is 1.84. The van der Waals surface area contributed by atoms with Gasteiger partial charge in [0.05, 0.1) is 5.69 Å². The molecule has 2 aromatic heterocycles. The minimum atomic E-state index is 0.793. The summed E-state index contributed by atoms with van der Waals surface area (Å²) >= 11 is 5.41. The van der Waals surface area contributed by atoms with E-state index in [1.165, 1.54) is 12.8 Å². The fourth-order valence-electron chi connectivity index (χ4n) is 2.54. The van der Waals surface area contributed by atoms with Gasteiger partial charge in [0.2, 0.25) is 0 Å². The van der Waals surface area contributed by atoms with Gasteiger partial charge in [0.1, 0.15) is 5.52 Å². The summed E-state index contributed by atoms with van der Waals surface area (Å²) in [4.78, 5) is 5.68. The third-order valence-corrected chi connectivity index (χ3v) is 4.09. The molecule has 1 aliphatic carbocycles. The summed E-state index contributed by atoms with van der Waals surface area (Å²) < 4.78 is 4.86. The number of nitrogens with one attached hydrogen (secondary N) is 1. The van der Waals surface area contributed by atoms with Gasteiger partial charge in [-0.05, 0) is 39.0 Å².